The lowest BCUT2D eigenvalue weighted by molar-refractivity contribution is -0.388. The SMILES string of the molecule is O=[N+]([O-])c1cccnc1SCC1CCCNC1. The summed E-state index contributed by atoms with van der Waals surface area (Å²) < 4.78 is 0. The highest BCUT2D eigenvalue weighted by atomic mass is 32.2. The molecule has 1 atom stereocenters. The highest BCUT2D eigenvalue weighted by Crippen LogP contribution is 2.29. The molecule has 0 bridgehead atoms. The van der Waals surface area contributed by atoms with E-state index in [1.165, 1.54) is 30.7 Å². The summed E-state index contributed by atoms with van der Waals surface area (Å²) in [5.41, 5.74) is 0.112. The second kappa shape index (κ2) is 5.97. The molecule has 1 fully saturated rings. The number of hydrogen-bond acceptors (Lipinski definition) is 5. The van der Waals surface area contributed by atoms with Crippen LogP contribution in [0, 0.1) is 16.0 Å². The molecule has 0 saturated carbocycles. The fourth-order valence-corrected chi connectivity index (χ4v) is 3.00. The number of aromatic nitrogens is 1. The van der Waals surface area contributed by atoms with E-state index in [4.69, 9.17) is 0 Å². The van der Waals surface area contributed by atoms with Crippen LogP contribution in [0.15, 0.2) is 23.4 Å². The summed E-state index contributed by atoms with van der Waals surface area (Å²) in [6.45, 7) is 2.10. The maximum atomic E-state index is 10.8. The van der Waals surface area contributed by atoms with Crippen LogP contribution in [0.1, 0.15) is 12.8 Å². The van der Waals surface area contributed by atoms with Crippen LogP contribution in [0.25, 0.3) is 0 Å². The number of nitrogens with zero attached hydrogens (tertiary/aromatic N) is 2. The molecule has 1 aromatic heterocycles. The monoisotopic (exact) mass is 253 g/mol. The number of rotatable bonds is 4. The van der Waals surface area contributed by atoms with Crippen molar-refractivity contribution in [2.75, 3.05) is 18.8 Å². The van der Waals surface area contributed by atoms with Gasteiger partial charge in [0.25, 0.3) is 0 Å². The Bertz CT molecular complexity index is 394. The van der Waals surface area contributed by atoms with Crippen molar-refractivity contribution >= 4 is 17.4 Å². The van der Waals surface area contributed by atoms with Gasteiger partial charge in [0.1, 0.15) is 0 Å². The van der Waals surface area contributed by atoms with Crippen molar-refractivity contribution in [3.8, 4) is 0 Å². The van der Waals surface area contributed by atoms with Crippen LogP contribution < -0.4 is 5.32 Å². The quantitative estimate of drug-likeness (QED) is 0.505. The van der Waals surface area contributed by atoms with Gasteiger partial charge in [-0.25, -0.2) is 4.98 Å². The van der Waals surface area contributed by atoms with Gasteiger partial charge in [0.05, 0.1) is 4.92 Å². The molecule has 1 unspecified atom stereocenters. The van der Waals surface area contributed by atoms with E-state index in [1.807, 2.05) is 0 Å². The lowest BCUT2D eigenvalue weighted by Gasteiger charge is -2.21. The molecular weight excluding hydrogens is 238 g/mol. The number of piperidine rings is 1. The minimum Gasteiger partial charge on any atom is -0.316 e. The molecule has 0 spiro atoms. The Kier molecular flexibility index (Phi) is 4.33. The van der Waals surface area contributed by atoms with E-state index >= 15 is 0 Å². The van der Waals surface area contributed by atoms with Crippen molar-refractivity contribution < 1.29 is 4.92 Å². The minimum atomic E-state index is -0.367. The van der Waals surface area contributed by atoms with E-state index in [1.54, 1.807) is 12.3 Å². The molecule has 1 aliphatic rings. The summed E-state index contributed by atoms with van der Waals surface area (Å²) in [5, 5.41) is 14.7. The third-order valence-electron chi connectivity index (χ3n) is 2.80. The van der Waals surface area contributed by atoms with Crippen molar-refractivity contribution in [1.29, 1.82) is 0 Å². The maximum absolute atomic E-state index is 10.8. The predicted molar refractivity (Wildman–Crippen MR) is 67.2 cm³/mol. The smallest absolute Gasteiger partial charge is 0.301 e. The zero-order valence-corrected chi connectivity index (χ0v) is 10.3. The Morgan fingerprint density at radius 2 is 2.53 bits per heavy atom. The minimum absolute atomic E-state index is 0.112. The molecule has 1 aromatic rings. The van der Waals surface area contributed by atoms with Crippen LogP contribution in [0.3, 0.4) is 0 Å². The summed E-state index contributed by atoms with van der Waals surface area (Å²) in [6.07, 6.45) is 3.99. The molecule has 2 heterocycles. The first-order chi connectivity index (χ1) is 8.27. The summed E-state index contributed by atoms with van der Waals surface area (Å²) in [6, 6.07) is 3.11. The molecule has 0 aromatic carbocycles. The fourth-order valence-electron chi connectivity index (χ4n) is 1.90. The van der Waals surface area contributed by atoms with E-state index in [2.05, 4.69) is 10.3 Å². The molecular formula is C11H15N3O2S. The maximum Gasteiger partial charge on any atom is 0.301 e. The summed E-state index contributed by atoms with van der Waals surface area (Å²) in [7, 11) is 0. The number of nitro groups is 1. The van der Waals surface area contributed by atoms with Crippen molar-refractivity contribution in [2.45, 2.75) is 17.9 Å². The van der Waals surface area contributed by atoms with E-state index in [9.17, 15) is 10.1 Å². The van der Waals surface area contributed by atoms with E-state index < -0.39 is 0 Å². The summed E-state index contributed by atoms with van der Waals surface area (Å²) in [5.74, 6) is 1.49. The van der Waals surface area contributed by atoms with E-state index in [0.717, 1.165) is 18.8 Å². The molecule has 5 nitrogen and oxygen atoms in total. The first-order valence-corrected chi connectivity index (χ1v) is 6.69. The summed E-state index contributed by atoms with van der Waals surface area (Å²) in [4.78, 5) is 14.5. The van der Waals surface area contributed by atoms with Gasteiger partial charge in [0, 0.05) is 18.0 Å². The van der Waals surface area contributed by atoms with E-state index in [-0.39, 0.29) is 10.6 Å². The van der Waals surface area contributed by atoms with Gasteiger partial charge in [0.15, 0.2) is 5.03 Å². The molecule has 17 heavy (non-hydrogen) atoms. The Hall–Kier alpha value is -1.14. The fraction of sp³-hybridized carbons (Fsp3) is 0.545. The molecule has 1 N–H and O–H groups in total. The molecule has 1 aliphatic heterocycles. The van der Waals surface area contributed by atoms with Crippen molar-refractivity contribution in [3.05, 3.63) is 28.4 Å². The van der Waals surface area contributed by atoms with Gasteiger partial charge in [-0.05, 0) is 37.9 Å². The molecule has 0 aliphatic carbocycles. The highest BCUT2D eigenvalue weighted by molar-refractivity contribution is 7.99. The van der Waals surface area contributed by atoms with Gasteiger partial charge in [0.2, 0.25) is 0 Å². The molecule has 6 heteroatoms. The van der Waals surface area contributed by atoms with Gasteiger partial charge < -0.3 is 5.32 Å². The van der Waals surface area contributed by atoms with Gasteiger partial charge in [-0.1, -0.05) is 11.8 Å². The average Bonchev–Trinajstić information content (AvgIpc) is 2.38. The molecule has 0 amide bonds. The largest absolute Gasteiger partial charge is 0.316 e. The zero-order chi connectivity index (χ0) is 12.1. The Labute approximate surface area is 104 Å². The number of hydrogen-bond donors (Lipinski definition) is 1. The second-order valence-electron chi connectivity index (χ2n) is 4.11. The first-order valence-electron chi connectivity index (χ1n) is 5.70. The summed E-state index contributed by atoms with van der Waals surface area (Å²) >= 11 is 1.49. The predicted octanol–water partition coefficient (Wildman–Crippen LogP) is 2.08. The normalized spacial score (nSPS) is 20.1. The number of pyridine rings is 1. The van der Waals surface area contributed by atoms with Gasteiger partial charge >= 0.3 is 5.69 Å². The first kappa shape index (κ1) is 12.3. The Balaban J connectivity index is 1.96. The molecule has 0 radical (unpaired) electrons. The van der Waals surface area contributed by atoms with Crippen molar-refractivity contribution in [2.24, 2.45) is 5.92 Å². The van der Waals surface area contributed by atoms with E-state index in [0.29, 0.717) is 10.9 Å². The number of thioether (sulfide) groups is 1. The Morgan fingerprint density at radius 1 is 1.65 bits per heavy atom. The molecule has 2 rings (SSSR count). The second-order valence-corrected chi connectivity index (χ2v) is 5.12. The van der Waals surface area contributed by atoms with Crippen LogP contribution in [-0.2, 0) is 0 Å². The highest BCUT2D eigenvalue weighted by Gasteiger charge is 2.18. The average molecular weight is 253 g/mol. The molecule has 92 valence electrons. The zero-order valence-electron chi connectivity index (χ0n) is 9.46. The third kappa shape index (κ3) is 3.41. The van der Waals surface area contributed by atoms with Crippen LogP contribution in [0.4, 0.5) is 5.69 Å². The third-order valence-corrected chi connectivity index (χ3v) is 4.03. The van der Waals surface area contributed by atoms with Crippen LogP contribution in [-0.4, -0.2) is 28.7 Å². The van der Waals surface area contributed by atoms with Crippen molar-refractivity contribution in [1.82, 2.24) is 10.3 Å². The number of nitrogens with one attached hydrogen (secondary N) is 1. The van der Waals surface area contributed by atoms with Gasteiger partial charge in [-0.3, -0.25) is 10.1 Å². The van der Waals surface area contributed by atoms with Crippen LogP contribution in [0.5, 0.6) is 0 Å². The van der Waals surface area contributed by atoms with Crippen LogP contribution in [0.2, 0.25) is 0 Å². The van der Waals surface area contributed by atoms with Gasteiger partial charge in [-0.2, -0.15) is 0 Å². The molecule has 1 saturated heterocycles. The topological polar surface area (TPSA) is 68.1 Å². The Morgan fingerprint density at radius 3 is 3.24 bits per heavy atom. The van der Waals surface area contributed by atoms with Gasteiger partial charge in [-0.15, -0.1) is 0 Å². The van der Waals surface area contributed by atoms with Crippen molar-refractivity contribution in [3.63, 3.8) is 0 Å². The standard InChI is InChI=1S/C11H15N3O2S/c15-14(16)10-4-2-6-13-11(10)17-8-9-3-1-5-12-7-9/h2,4,6,9,12H,1,3,5,7-8H2. The van der Waals surface area contributed by atoms with Crippen LogP contribution >= 0.6 is 11.8 Å². The lowest BCUT2D eigenvalue weighted by atomic mass is 10.0. The lowest BCUT2D eigenvalue weighted by Crippen LogP contribution is -2.30.